The lowest BCUT2D eigenvalue weighted by molar-refractivity contribution is -0.138. The van der Waals surface area contributed by atoms with Gasteiger partial charge in [0.05, 0.1) is 4.60 Å². The minimum absolute atomic E-state index is 0.305. The summed E-state index contributed by atoms with van der Waals surface area (Å²) < 4.78 is 0.804. The first kappa shape index (κ1) is 12.1. The second-order valence-corrected chi connectivity index (χ2v) is 4.86. The van der Waals surface area contributed by atoms with E-state index < -0.39 is 12.0 Å². The number of carboxylic acids is 1. The fraction of sp³-hybridized carbons (Fsp3) is 0.250. The maximum absolute atomic E-state index is 10.8. The highest BCUT2D eigenvalue weighted by molar-refractivity contribution is 9.10. The number of halogens is 1. The number of rotatable bonds is 3. The van der Waals surface area contributed by atoms with Gasteiger partial charge in [-0.05, 0) is 34.0 Å². The van der Waals surface area contributed by atoms with Crippen molar-refractivity contribution in [1.29, 1.82) is 0 Å². The molecule has 1 aromatic carbocycles. The molecule has 90 valence electrons. The van der Waals surface area contributed by atoms with Crippen molar-refractivity contribution in [2.75, 3.05) is 0 Å². The molecule has 17 heavy (non-hydrogen) atoms. The van der Waals surface area contributed by atoms with E-state index in [4.69, 9.17) is 10.8 Å². The molecule has 0 aliphatic carbocycles. The lowest BCUT2D eigenvalue weighted by Crippen LogP contribution is -2.32. The number of hydrogen-bond acceptors (Lipinski definition) is 2. The maximum Gasteiger partial charge on any atom is 0.320 e. The number of aromatic nitrogens is 1. The van der Waals surface area contributed by atoms with E-state index >= 15 is 0 Å². The lowest BCUT2D eigenvalue weighted by atomic mass is 10.0. The quantitative estimate of drug-likeness (QED) is 0.812. The van der Waals surface area contributed by atoms with Crippen molar-refractivity contribution in [3.8, 4) is 0 Å². The molecule has 4 nitrogen and oxygen atoms in total. The molecule has 1 aromatic heterocycles. The van der Waals surface area contributed by atoms with Crippen molar-refractivity contribution in [3.05, 3.63) is 33.9 Å². The van der Waals surface area contributed by atoms with Gasteiger partial charge >= 0.3 is 5.97 Å². The SMILES string of the molecule is Cc1cccc2c(CC(N)C(=O)O)c(Br)[nH]c12. The summed E-state index contributed by atoms with van der Waals surface area (Å²) in [5.41, 5.74) is 8.63. The Hall–Kier alpha value is -1.33. The first-order chi connectivity index (χ1) is 8.00. The molecule has 0 radical (unpaired) electrons. The van der Waals surface area contributed by atoms with Crippen LogP contribution in [0.4, 0.5) is 0 Å². The number of benzene rings is 1. The topological polar surface area (TPSA) is 79.1 Å². The summed E-state index contributed by atoms with van der Waals surface area (Å²) in [5, 5.41) is 9.87. The number of H-pyrrole nitrogens is 1. The molecule has 0 saturated heterocycles. The number of carbonyl (C=O) groups is 1. The van der Waals surface area contributed by atoms with Crippen LogP contribution in [0.25, 0.3) is 10.9 Å². The van der Waals surface area contributed by atoms with E-state index in [1.807, 2.05) is 25.1 Å². The van der Waals surface area contributed by atoms with E-state index in [9.17, 15) is 4.79 Å². The van der Waals surface area contributed by atoms with E-state index in [1.54, 1.807) is 0 Å². The van der Waals surface area contributed by atoms with Crippen molar-refractivity contribution in [1.82, 2.24) is 4.98 Å². The number of hydrogen-bond donors (Lipinski definition) is 3. The summed E-state index contributed by atoms with van der Waals surface area (Å²) in [4.78, 5) is 14.0. The monoisotopic (exact) mass is 296 g/mol. The van der Waals surface area contributed by atoms with Crippen LogP contribution < -0.4 is 5.73 Å². The molecule has 1 atom stereocenters. The number of nitrogens with one attached hydrogen (secondary N) is 1. The normalized spacial score (nSPS) is 12.9. The minimum atomic E-state index is -0.987. The highest BCUT2D eigenvalue weighted by atomic mass is 79.9. The Morgan fingerprint density at radius 2 is 2.29 bits per heavy atom. The zero-order chi connectivity index (χ0) is 12.6. The standard InChI is InChI=1S/C12H13BrN2O2/c1-6-3-2-4-7-8(5-9(14)12(16)17)11(13)15-10(6)7/h2-4,9,15H,5,14H2,1H3,(H,16,17). The molecule has 4 N–H and O–H groups in total. The Morgan fingerprint density at radius 1 is 1.59 bits per heavy atom. The molecule has 0 spiro atoms. The molecule has 0 bridgehead atoms. The second-order valence-electron chi connectivity index (χ2n) is 4.06. The molecule has 5 heteroatoms. The van der Waals surface area contributed by atoms with Gasteiger partial charge in [-0.1, -0.05) is 18.2 Å². The van der Waals surface area contributed by atoms with Crippen LogP contribution in [0.3, 0.4) is 0 Å². The van der Waals surface area contributed by atoms with Gasteiger partial charge < -0.3 is 15.8 Å². The van der Waals surface area contributed by atoms with Gasteiger partial charge in [0.1, 0.15) is 6.04 Å². The molecule has 0 aliphatic rings. The van der Waals surface area contributed by atoms with Gasteiger partial charge in [-0.3, -0.25) is 4.79 Å². The summed E-state index contributed by atoms with van der Waals surface area (Å²) in [5.74, 6) is -0.987. The number of nitrogens with two attached hydrogens (primary N) is 1. The summed E-state index contributed by atoms with van der Waals surface area (Å²) in [6.45, 7) is 2.01. The van der Waals surface area contributed by atoms with Crippen LogP contribution in [0.2, 0.25) is 0 Å². The van der Waals surface area contributed by atoms with Crippen molar-refractivity contribution < 1.29 is 9.90 Å². The molecular weight excluding hydrogens is 284 g/mol. The van der Waals surface area contributed by atoms with Crippen LogP contribution in [0.15, 0.2) is 22.8 Å². The number of aliphatic carboxylic acids is 1. The van der Waals surface area contributed by atoms with Gasteiger partial charge in [0.2, 0.25) is 0 Å². The van der Waals surface area contributed by atoms with Crippen LogP contribution in [0.5, 0.6) is 0 Å². The fourth-order valence-corrected chi connectivity index (χ4v) is 2.47. The van der Waals surface area contributed by atoms with Crippen LogP contribution in [-0.4, -0.2) is 22.1 Å². The Kier molecular flexibility index (Phi) is 3.22. The van der Waals surface area contributed by atoms with Crippen molar-refractivity contribution in [2.24, 2.45) is 5.73 Å². The fourth-order valence-electron chi connectivity index (χ4n) is 1.90. The summed E-state index contributed by atoms with van der Waals surface area (Å²) in [6, 6.07) is 5.04. The summed E-state index contributed by atoms with van der Waals surface area (Å²) in [7, 11) is 0. The third-order valence-corrected chi connectivity index (χ3v) is 3.52. The molecule has 0 aliphatic heterocycles. The van der Waals surface area contributed by atoms with E-state index in [-0.39, 0.29) is 0 Å². The number of aryl methyl sites for hydroxylation is 1. The molecule has 1 unspecified atom stereocenters. The predicted octanol–water partition coefficient (Wildman–Crippen LogP) is 2.19. The number of para-hydroxylation sites is 1. The average molecular weight is 297 g/mol. The predicted molar refractivity (Wildman–Crippen MR) is 70.1 cm³/mol. The van der Waals surface area contributed by atoms with Gasteiger partial charge in [-0.2, -0.15) is 0 Å². The largest absolute Gasteiger partial charge is 0.480 e. The highest BCUT2D eigenvalue weighted by Gasteiger charge is 2.18. The third-order valence-electron chi connectivity index (χ3n) is 2.84. The van der Waals surface area contributed by atoms with Gasteiger partial charge in [-0.25, -0.2) is 0 Å². The third kappa shape index (κ3) is 2.21. The van der Waals surface area contributed by atoms with Crippen LogP contribution >= 0.6 is 15.9 Å². The molecule has 0 amide bonds. The first-order valence-corrected chi connectivity index (χ1v) is 6.04. The lowest BCUT2D eigenvalue weighted by Gasteiger charge is -2.05. The number of fused-ring (bicyclic) bond motifs is 1. The van der Waals surface area contributed by atoms with Crippen molar-refractivity contribution in [3.63, 3.8) is 0 Å². The Morgan fingerprint density at radius 3 is 2.94 bits per heavy atom. The van der Waals surface area contributed by atoms with Gasteiger partial charge in [0.15, 0.2) is 0 Å². The molecule has 0 saturated carbocycles. The van der Waals surface area contributed by atoms with Crippen LogP contribution in [0.1, 0.15) is 11.1 Å². The highest BCUT2D eigenvalue weighted by Crippen LogP contribution is 2.29. The van der Waals surface area contributed by atoms with Crippen molar-refractivity contribution in [2.45, 2.75) is 19.4 Å². The van der Waals surface area contributed by atoms with E-state index in [2.05, 4.69) is 20.9 Å². The first-order valence-electron chi connectivity index (χ1n) is 5.24. The van der Waals surface area contributed by atoms with E-state index in [1.165, 1.54) is 0 Å². The number of aromatic amines is 1. The van der Waals surface area contributed by atoms with Crippen LogP contribution in [-0.2, 0) is 11.2 Å². The Bertz CT molecular complexity index is 577. The zero-order valence-corrected chi connectivity index (χ0v) is 10.9. The van der Waals surface area contributed by atoms with Crippen LogP contribution in [0, 0.1) is 6.92 Å². The average Bonchev–Trinajstić information content (AvgIpc) is 2.58. The van der Waals surface area contributed by atoms with Gasteiger partial charge in [-0.15, -0.1) is 0 Å². The smallest absolute Gasteiger partial charge is 0.320 e. The minimum Gasteiger partial charge on any atom is -0.480 e. The van der Waals surface area contributed by atoms with Gasteiger partial charge in [0, 0.05) is 17.3 Å². The molecule has 2 aromatic rings. The second kappa shape index (κ2) is 4.50. The molecule has 1 heterocycles. The van der Waals surface area contributed by atoms with Gasteiger partial charge in [0.25, 0.3) is 0 Å². The summed E-state index contributed by atoms with van der Waals surface area (Å²) >= 11 is 3.42. The zero-order valence-electron chi connectivity index (χ0n) is 9.33. The van der Waals surface area contributed by atoms with E-state index in [0.29, 0.717) is 6.42 Å². The molecule has 2 rings (SSSR count). The molecule has 0 fully saturated rings. The Labute approximate surface area is 107 Å². The summed E-state index contributed by atoms with van der Waals surface area (Å²) in [6.07, 6.45) is 0.305. The maximum atomic E-state index is 10.8. The van der Waals surface area contributed by atoms with E-state index in [0.717, 1.165) is 26.6 Å². The molecular formula is C12H13BrN2O2. The number of carboxylic acid groups (broad SMARTS) is 1. The Balaban J connectivity index is 2.50. The van der Waals surface area contributed by atoms with Crippen molar-refractivity contribution >= 4 is 32.8 Å².